The molecule has 0 fully saturated rings. The highest BCUT2D eigenvalue weighted by atomic mass is 32.2. The predicted molar refractivity (Wildman–Crippen MR) is 126 cm³/mol. The molecule has 34 heavy (non-hydrogen) atoms. The summed E-state index contributed by atoms with van der Waals surface area (Å²) in [7, 11) is 0. The van der Waals surface area contributed by atoms with E-state index in [2.05, 4.69) is 22.2 Å². The zero-order chi connectivity index (χ0) is 24.5. The maximum Gasteiger partial charge on any atom is 0.433 e. The van der Waals surface area contributed by atoms with E-state index in [1.807, 2.05) is 0 Å². The normalized spacial score (nSPS) is 15.6. The Kier molecular flexibility index (Phi) is 6.94. The van der Waals surface area contributed by atoms with Crippen LogP contribution in [0.1, 0.15) is 39.8 Å². The first-order valence-corrected chi connectivity index (χ1v) is 12.3. The number of nitrogens with zero attached hydrogens (tertiary/aromatic N) is 2. The fourth-order valence-electron chi connectivity index (χ4n) is 3.78. The van der Waals surface area contributed by atoms with Gasteiger partial charge in [-0.15, -0.1) is 11.3 Å². The van der Waals surface area contributed by atoms with Crippen molar-refractivity contribution in [2.75, 3.05) is 11.1 Å². The number of fused-ring (bicyclic) bond motifs is 1. The SMILES string of the molecule is C[C@@H]1CCc2c(sc(NC(=O)CSc3nc(-c4ccccc4)cc(C(F)(F)F)n3)c2C(N)=O)C1. The molecule has 2 amide bonds. The van der Waals surface area contributed by atoms with Crippen LogP contribution in [0.4, 0.5) is 18.2 Å². The Hall–Kier alpha value is -2.92. The first-order chi connectivity index (χ1) is 16.1. The zero-order valence-corrected chi connectivity index (χ0v) is 19.7. The van der Waals surface area contributed by atoms with Gasteiger partial charge in [0.05, 0.1) is 17.0 Å². The highest BCUT2D eigenvalue weighted by Gasteiger charge is 2.34. The van der Waals surface area contributed by atoms with E-state index < -0.39 is 23.7 Å². The lowest BCUT2D eigenvalue weighted by Gasteiger charge is -2.18. The lowest BCUT2D eigenvalue weighted by Crippen LogP contribution is -2.20. The third kappa shape index (κ3) is 5.41. The van der Waals surface area contributed by atoms with Crippen molar-refractivity contribution in [2.45, 2.75) is 37.5 Å². The highest BCUT2D eigenvalue weighted by Crippen LogP contribution is 2.39. The molecule has 3 aromatic rings. The largest absolute Gasteiger partial charge is 0.433 e. The Morgan fingerprint density at radius 2 is 1.97 bits per heavy atom. The molecule has 0 radical (unpaired) electrons. The molecule has 3 N–H and O–H groups in total. The molecule has 0 saturated carbocycles. The molecule has 0 bridgehead atoms. The van der Waals surface area contributed by atoms with Gasteiger partial charge in [0.25, 0.3) is 5.91 Å². The summed E-state index contributed by atoms with van der Waals surface area (Å²) in [6, 6.07) is 9.32. The van der Waals surface area contributed by atoms with Crippen LogP contribution in [-0.2, 0) is 23.8 Å². The van der Waals surface area contributed by atoms with E-state index in [1.165, 1.54) is 11.3 Å². The first kappa shape index (κ1) is 24.2. The van der Waals surface area contributed by atoms with E-state index in [0.717, 1.165) is 47.5 Å². The van der Waals surface area contributed by atoms with Gasteiger partial charge in [-0.05, 0) is 36.8 Å². The molecule has 6 nitrogen and oxygen atoms in total. The highest BCUT2D eigenvalue weighted by molar-refractivity contribution is 7.99. The van der Waals surface area contributed by atoms with Crippen molar-refractivity contribution in [1.82, 2.24) is 9.97 Å². The average molecular weight is 507 g/mol. The Labute approximate surface area is 202 Å². The van der Waals surface area contributed by atoms with Crippen LogP contribution in [0.2, 0.25) is 0 Å². The summed E-state index contributed by atoms with van der Waals surface area (Å²) in [6.45, 7) is 2.13. The van der Waals surface area contributed by atoms with Crippen LogP contribution in [-0.4, -0.2) is 27.5 Å². The fourth-order valence-corrected chi connectivity index (χ4v) is 5.87. The van der Waals surface area contributed by atoms with E-state index in [4.69, 9.17) is 5.73 Å². The Balaban J connectivity index is 1.53. The van der Waals surface area contributed by atoms with Gasteiger partial charge in [-0.2, -0.15) is 13.2 Å². The number of nitrogens with two attached hydrogens (primary N) is 1. The second kappa shape index (κ2) is 9.75. The summed E-state index contributed by atoms with van der Waals surface area (Å²) in [5.41, 5.74) is 6.32. The third-order valence-corrected chi connectivity index (χ3v) is 7.43. The second-order valence-corrected chi connectivity index (χ2v) is 10.1. The number of amides is 2. The van der Waals surface area contributed by atoms with E-state index in [0.29, 0.717) is 22.0 Å². The minimum atomic E-state index is -4.66. The number of rotatable bonds is 6. The van der Waals surface area contributed by atoms with Crippen LogP contribution in [0.15, 0.2) is 41.6 Å². The van der Waals surface area contributed by atoms with Crippen molar-refractivity contribution in [3.05, 3.63) is 58.1 Å². The van der Waals surface area contributed by atoms with Gasteiger partial charge in [-0.3, -0.25) is 9.59 Å². The third-order valence-electron chi connectivity index (χ3n) is 5.41. The van der Waals surface area contributed by atoms with Gasteiger partial charge in [0, 0.05) is 10.4 Å². The van der Waals surface area contributed by atoms with Gasteiger partial charge in [0.1, 0.15) is 10.7 Å². The van der Waals surface area contributed by atoms with Gasteiger partial charge in [-0.1, -0.05) is 49.0 Å². The minimum absolute atomic E-state index is 0.113. The number of carbonyl (C=O) groups is 2. The minimum Gasteiger partial charge on any atom is -0.365 e. The van der Waals surface area contributed by atoms with Crippen LogP contribution in [0.3, 0.4) is 0 Å². The number of thiophene rings is 1. The van der Waals surface area contributed by atoms with Crippen LogP contribution in [0.5, 0.6) is 0 Å². The number of anilines is 1. The number of thioether (sulfide) groups is 1. The second-order valence-electron chi connectivity index (χ2n) is 8.04. The van der Waals surface area contributed by atoms with Crippen molar-refractivity contribution in [2.24, 2.45) is 11.7 Å². The Bertz CT molecular complexity index is 1230. The molecule has 1 aromatic carbocycles. The number of carbonyl (C=O) groups excluding carboxylic acids is 2. The quantitative estimate of drug-likeness (QED) is 0.355. The van der Waals surface area contributed by atoms with Crippen LogP contribution in [0, 0.1) is 5.92 Å². The number of aromatic nitrogens is 2. The van der Waals surface area contributed by atoms with Gasteiger partial charge >= 0.3 is 6.18 Å². The molecular weight excluding hydrogens is 485 g/mol. The van der Waals surface area contributed by atoms with E-state index >= 15 is 0 Å². The van der Waals surface area contributed by atoms with Crippen molar-refractivity contribution >= 4 is 39.9 Å². The number of hydrogen-bond acceptors (Lipinski definition) is 6. The lowest BCUT2D eigenvalue weighted by molar-refractivity contribution is -0.141. The topological polar surface area (TPSA) is 98.0 Å². The molecular formula is C23H21F3N4O2S2. The van der Waals surface area contributed by atoms with Gasteiger partial charge in [0.2, 0.25) is 5.91 Å². The Morgan fingerprint density at radius 1 is 1.24 bits per heavy atom. The molecule has 11 heteroatoms. The van der Waals surface area contributed by atoms with E-state index in [9.17, 15) is 22.8 Å². The summed E-state index contributed by atoms with van der Waals surface area (Å²) in [5.74, 6) is -0.847. The molecule has 0 unspecified atom stereocenters. The standard InChI is InChI=1S/C23H21F3N4O2S2/c1-12-7-8-14-16(9-12)34-21(19(14)20(27)32)30-18(31)11-33-22-28-15(13-5-3-2-4-6-13)10-17(29-22)23(24,25)26/h2-6,10,12H,7-9,11H2,1H3,(H2,27,32)(H,30,31)/t12-/m1/s1. The summed E-state index contributed by atoms with van der Waals surface area (Å²) in [5, 5.41) is 2.92. The maximum absolute atomic E-state index is 13.4. The van der Waals surface area contributed by atoms with Gasteiger partial charge in [0.15, 0.2) is 5.16 Å². The van der Waals surface area contributed by atoms with Crippen molar-refractivity contribution in [3.63, 3.8) is 0 Å². The maximum atomic E-state index is 13.4. The zero-order valence-electron chi connectivity index (χ0n) is 18.1. The molecule has 1 atom stereocenters. The molecule has 2 heterocycles. The summed E-state index contributed by atoms with van der Waals surface area (Å²) in [4.78, 5) is 33.5. The van der Waals surface area contributed by atoms with Crippen molar-refractivity contribution in [1.29, 1.82) is 0 Å². The molecule has 1 aliphatic carbocycles. The molecule has 0 spiro atoms. The molecule has 178 valence electrons. The lowest BCUT2D eigenvalue weighted by atomic mass is 9.88. The predicted octanol–water partition coefficient (Wildman–Crippen LogP) is 5.18. The fraction of sp³-hybridized carbons (Fsp3) is 0.304. The number of primary amides is 1. The number of benzene rings is 1. The van der Waals surface area contributed by atoms with E-state index in [-0.39, 0.29) is 16.6 Å². The molecule has 0 saturated heterocycles. The summed E-state index contributed by atoms with van der Waals surface area (Å²) >= 11 is 2.12. The molecule has 0 aliphatic heterocycles. The monoisotopic (exact) mass is 506 g/mol. The van der Waals surface area contributed by atoms with Crippen LogP contribution in [0.25, 0.3) is 11.3 Å². The Morgan fingerprint density at radius 3 is 2.65 bits per heavy atom. The van der Waals surface area contributed by atoms with Crippen LogP contribution < -0.4 is 11.1 Å². The van der Waals surface area contributed by atoms with Crippen molar-refractivity contribution in [3.8, 4) is 11.3 Å². The number of alkyl halides is 3. The number of halogens is 3. The summed E-state index contributed by atoms with van der Waals surface area (Å²) in [6.07, 6.45) is -2.20. The van der Waals surface area contributed by atoms with Gasteiger partial charge < -0.3 is 11.1 Å². The summed E-state index contributed by atoms with van der Waals surface area (Å²) < 4.78 is 40.2. The van der Waals surface area contributed by atoms with E-state index in [1.54, 1.807) is 30.3 Å². The number of hydrogen-bond donors (Lipinski definition) is 2. The van der Waals surface area contributed by atoms with Crippen LogP contribution >= 0.6 is 23.1 Å². The smallest absolute Gasteiger partial charge is 0.365 e. The van der Waals surface area contributed by atoms with Crippen molar-refractivity contribution < 1.29 is 22.8 Å². The molecule has 1 aliphatic rings. The van der Waals surface area contributed by atoms with Gasteiger partial charge in [-0.25, -0.2) is 9.97 Å². The molecule has 2 aromatic heterocycles. The first-order valence-electron chi connectivity index (χ1n) is 10.5. The molecule has 4 rings (SSSR count). The number of nitrogens with one attached hydrogen (secondary N) is 1. The average Bonchev–Trinajstić information content (AvgIpc) is 3.14.